The molecule has 1 rings (SSSR count). The number of ether oxygens (including phenoxy) is 11. The molecule has 1 aromatic carbocycles. The first kappa shape index (κ1) is 44.3. The maximum Gasteiger partial charge on any atom is 0.407 e. The van der Waals surface area contributed by atoms with Gasteiger partial charge >= 0.3 is 6.09 Å². The molecule has 48 heavy (non-hydrogen) atoms. The molecule has 0 bridgehead atoms. The topological polar surface area (TPSA) is 140 Å². The first-order chi connectivity index (χ1) is 23.5. The second-order valence-corrected chi connectivity index (χ2v) is 15.6. The lowest BCUT2D eigenvalue weighted by Crippen LogP contribution is -2.28. The Morgan fingerprint density at radius 1 is 0.479 bits per heavy atom. The molecule has 0 fully saturated rings. The van der Waals surface area contributed by atoms with E-state index in [1.54, 1.807) is 0 Å². The van der Waals surface area contributed by atoms with Crippen LogP contribution in [-0.4, -0.2) is 160 Å². The molecule has 1 aromatic rings. The number of hydrogen-bond acceptors (Lipinski definition) is 13. The summed E-state index contributed by atoms with van der Waals surface area (Å²) in [5, 5.41) is 2.64. The molecule has 0 spiro atoms. The lowest BCUT2D eigenvalue weighted by Gasteiger charge is -2.16. The molecule has 0 atom stereocenters. The monoisotopic (exact) mass is 707 g/mol. The second kappa shape index (κ2) is 33.7. The molecular weight excluding hydrogens is 646 g/mol. The van der Waals surface area contributed by atoms with Crippen molar-refractivity contribution in [3.63, 3.8) is 0 Å². The Morgan fingerprint density at radius 2 is 0.792 bits per heavy atom. The van der Waals surface area contributed by atoms with Gasteiger partial charge in [-0.1, -0.05) is 30.3 Å². The largest absolute Gasteiger partial charge is 0.445 e. The molecule has 1 amide bonds. The molecule has 0 saturated carbocycles. The van der Waals surface area contributed by atoms with Crippen molar-refractivity contribution in [1.29, 1.82) is 0 Å². The summed E-state index contributed by atoms with van der Waals surface area (Å²) < 4.78 is 65.5. The molecule has 0 heterocycles. The zero-order valence-electron chi connectivity index (χ0n) is 29.5. The fraction of sp³-hybridized carbons (Fsp3) is 0.788. The Kier molecular flexibility index (Phi) is 31.1. The van der Waals surface area contributed by atoms with E-state index in [2.05, 4.69) is 25.0 Å². The summed E-state index contributed by atoms with van der Waals surface area (Å²) in [6.07, 6.45) is -0.468. The van der Waals surface area contributed by atoms with Crippen LogP contribution in [0.4, 0.5) is 4.79 Å². The van der Waals surface area contributed by atoms with E-state index in [0.29, 0.717) is 145 Å². The number of benzene rings is 1. The van der Waals surface area contributed by atoms with Crippen LogP contribution < -0.4 is 5.32 Å². The zero-order chi connectivity index (χ0) is 34.6. The molecule has 0 radical (unpaired) electrons. The van der Waals surface area contributed by atoms with Crippen LogP contribution in [0.3, 0.4) is 0 Å². The number of alkyl carbamates (subject to hydrolysis) is 1. The number of carbonyl (C=O) groups excluding carboxylic acids is 1. The summed E-state index contributed by atoms with van der Waals surface area (Å²) in [7, 11) is -1.46. The van der Waals surface area contributed by atoms with Crippen LogP contribution >= 0.6 is 0 Å². The normalized spacial score (nSPS) is 11.6. The van der Waals surface area contributed by atoms with Gasteiger partial charge in [0, 0.05) is 6.54 Å². The average Bonchev–Trinajstić information content (AvgIpc) is 3.07. The van der Waals surface area contributed by atoms with E-state index < -0.39 is 14.4 Å². The fourth-order valence-electron chi connectivity index (χ4n) is 3.49. The van der Waals surface area contributed by atoms with E-state index in [1.165, 1.54) is 0 Å². The van der Waals surface area contributed by atoms with Crippen molar-refractivity contribution in [3.05, 3.63) is 35.9 Å². The smallest absolute Gasteiger partial charge is 0.407 e. The highest BCUT2D eigenvalue weighted by Gasteiger charge is 2.13. The van der Waals surface area contributed by atoms with Crippen molar-refractivity contribution in [2.75, 3.05) is 145 Å². The van der Waals surface area contributed by atoms with Gasteiger partial charge in [-0.05, 0) is 25.2 Å². The molecule has 0 unspecified atom stereocenters. The molecule has 0 aromatic heterocycles. The van der Waals surface area contributed by atoms with E-state index in [-0.39, 0.29) is 6.61 Å². The minimum atomic E-state index is -1.46. The van der Waals surface area contributed by atoms with Crippen molar-refractivity contribution in [3.8, 4) is 0 Å². The van der Waals surface area contributed by atoms with Gasteiger partial charge in [0.2, 0.25) is 0 Å². The lowest BCUT2D eigenvalue weighted by molar-refractivity contribution is -0.0267. The van der Waals surface area contributed by atoms with Crippen LogP contribution in [0.15, 0.2) is 30.3 Å². The quantitative estimate of drug-likeness (QED) is 0.0809. The minimum absolute atomic E-state index is 0.238. The maximum atomic E-state index is 11.6. The molecule has 1 N–H and O–H groups in total. The summed E-state index contributed by atoms with van der Waals surface area (Å²) in [6.45, 7) is 17.7. The highest BCUT2D eigenvalue weighted by atomic mass is 28.4. The van der Waals surface area contributed by atoms with Gasteiger partial charge in [-0.2, -0.15) is 0 Å². The standard InChI is InChI=1S/C33H61NO13Si/c1-48(2,3)47-30-29-45-28-27-44-26-25-43-24-23-42-22-21-41-20-19-40-18-17-39-16-15-38-14-13-37-12-11-36-10-9-34-33(35)46-31-32-7-5-4-6-8-32/h4-8H,9-31H2,1-3H3,(H,34,35). The van der Waals surface area contributed by atoms with Crippen LogP contribution in [0.25, 0.3) is 0 Å². The molecule has 14 nitrogen and oxygen atoms in total. The summed E-state index contributed by atoms with van der Waals surface area (Å²) in [6, 6.07) is 9.51. The maximum absolute atomic E-state index is 11.6. The van der Waals surface area contributed by atoms with Gasteiger partial charge in [0.1, 0.15) is 6.61 Å². The molecule has 0 saturated heterocycles. The third-order valence-electron chi connectivity index (χ3n) is 5.84. The predicted octanol–water partition coefficient (Wildman–Crippen LogP) is 2.93. The Balaban J connectivity index is 1.64. The Hall–Kier alpha value is -1.73. The third kappa shape index (κ3) is 34.1. The van der Waals surface area contributed by atoms with Crippen LogP contribution in [0.5, 0.6) is 0 Å². The van der Waals surface area contributed by atoms with Crippen molar-refractivity contribution < 1.29 is 61.3 Å². The fourth-order valence-corrected chi connectivity index (χ4v) is 4.18. The average molecular weight is 708 g/mol. The van der Waals surface area contributed by atoms with Crippen molar-refractivity contribution in [2.24, 2.45) is 0 Å². The molecule has 0 aliphatic rings. The van der Waals surface area contributed by atoms with Crippen molar-refractivity contribution in [1.82, 2.24) is 5.32 Å². The summed E-state index contributed by atoms with van der Waals surface area (Å²) >= 11 is 0. The highest BCUT2D eigenvalue weighted by Crippen LogP contribution is 2.02. The Bertz CT molecular complexity index is 820. The second-order valence-electron chi connectivity index (χ2n) is 11.1. The number of carbonyl (C=O) groups is 1. The van der Waals surface area contributed by atoms with Gasteiger partial charge in [-0.25, -0.2) is 4.79 Å². The molecule has 280 valence electrons. The minimum Gasteiger partial charge on any atom is -0.445 e. The molecule has 15 heteroatoms. The van der Waals surface area contributed by atoms with Gasteiger partial charge in [0.25, 0.3) is 0 Å². The van der Waals surface area contributed by atoms with Crippen LogP contribution in [-0.2, 0) is 63.1 Å². The van der Waals surface area contributed by atoms with Crippen LogP contribution in [0.2, 0.25) is 19.6 Å². The van der Waals surface area contributed by atoms with Crippen LogP contribution in [0, 0.1) is 0 Å². The summed E-state index contributed by atoms with van der Waals surface area (Å²) in [5.41, 5.74) is 0.938. The third-order valence-corrected chi connectivity index (χ3v) is 6.91. The molecular formula is C33H61NO13Si. The van der Waals surface area contributed by atoms with Crippen molar-refractivity contribution >= 4 is 14.4 Å². The first-order valence-corrected chi connectivity index (χ1v) is 20.2. The van der Waals surface area contributed by atoms with Gasteiger partial charge in [-0.15, -0.1) is 0 Å². The van der Waals surface area contributed by atoms with E-state index in [9.17, 15) is 4.79 Å². The Labute approximate surface area is 288 Å². The number of nitrogens with one attached hydrogen (secondary N) is 1. The molecule has 0 aliphatic heterocycles. The summed E-state index contributed by atoms with van der Waals surface area (Å²) in [4.78, 5) is 11.6. The number of amides is 1. The van der Waals surface area contributed by atoms with Gasteiger partial charge in [0.15, 0.2) is 8.32 Å². The van der Waals surface area contributed by atoms with Gasteiger partial charge in [-0.3, -0.25) is 0 Å². The Morgan fingerprint density at radius 3 is 1.12 bits per heavy atom. The zero-order valence-corrected chi connectivity index (χ0v) is 30.5. The molecule has 0 aliphatic carbocycles. The summed E-state index contributed by atoms with van der Waals surface area (Å²) in [5.74, 6) is 0. The van der Waals surface area contributed by atoms with E-state index in [1.807, 2.05) is 30.3 Å². The SMILES string of the molecule is C[Si](C)(C)OCCOCCOCCOCCOCCOCCOCCOCCOCCOCCOCCNC(=O)OCc1ccccc1. The number of rotatable bonds is 36. The highest BCUT2D eigenvalue weighted by molar-refractivity contribution is 6.69. The predicted molar refractivity (Wildman–Crippen MR) is 182 cm³/mol. The van der Waals surface area contributed by atoms with E-state index in [0.717, 1.165) is 5.56 Å². The number of hydrogen-bond donors (Lipinski definition) is 1. The van der Waals surface area contributed by atoms with Gasteiger partial charge in [0.05, 0.1) is 139 Å². The first-order valence-electron chi connectivity index (χ1n) is 16.8. The lowest BCUT2D eigenvalue weighted by atomic mass is 10.2. The van der Waals surface area contributed by atoms with Crippen LogP contribution in [0.1, 0.15) is 5.56 Å². The van der Waals surface area contributed by atoms with Crippen molar-refractivity contribution in [2.45, 2.75) is 26.2 Å². The van der Waals surface area contributed by atoms with Gasteiger partial charge < -0.3 is 61.8 Å². The van der Waals surface area contributed by atoms with E-state index in [4.69, 9.17) is 56.5 Å². The van der Waals surface area contributed by atoms with E-state index >= 15 is 0 Å².